The van der Waals surface area contributed by atoms with Crippen molar-refractivity contribution in [3.8, 4) is 0 Å². The molecule has 0 aromatic carbocycles. The van der Waals surface area contributed by atoms with Crippen molar-refractivity contribution >= 4 is 16.9 Å². The highest BCUT2D eigenvalue weighted by Crippen LogP contribution is 2.12. The van der Waals surface area contributed by atoms with Crippen LogP contribution in [-0.4, -0.2) is 24.0 Å². The van der Waals surface area contributed by atoms with Crippen LogP contribution in [0.1, 0.15) is 64.7 Å². The molecular weight excluding hydrogens is 228 g/mol. The molecule has 0 unspecified atom stereocenters. The van der Waals surface area contributed by atoms with Crippen LogP contribution in [0.5, 0.6) is 0 Å². The van der Waals surface area contributed by atoms with Crippen molar-refractivity contribution in [1.29, 1.82) is 0 Å². The average Bonchev–Trinajstić information content (AvgIpc) is 2.38. The number of thioether (sulfide) groups is 1. The third kappa shape index (κ3) is 8.53. The summed E-state index contributed by atoms with van der Waals surface area (Å²) in [6.07, 6.45) is 12.4. The van der Waals surface area contributed by atoms with Gasteiger partial charge in [-0.3, -0.25) is 4.99 Å². The number of rotatable bonds is 9. The molecule has 0 aliphatic carbocycles. The van der Waals surface area contributed by atoms with Crippen LogP contribution in [0.3, 0.4) is 0 Å². The van der Waals surface area contributed by atoms with E-state index in [9.17, 15) is 0 Å². The number of amidine groups is 1. The van der Waals surface area contributed by atoms with Gasteiger partial charge in [0.05, 0.1) is 0 Å². The Hall–Kier alpha value is -0.180. The Bertz CT molecular complexity index is 204. The molecule has 0 atom stereocenters. The lowest BCUT2D eigenvalue weighted by Gasteiger charge is -2.13. The standard InChI is InChI=1S/C14H28N2S/c1-2-3-4-5-6-7-8-9-13-17-14-15-11-10-12-16-14/h2-13H2,1H3,(H,15,16). The zero-order chi connectivity index (χ0) is 12.2. The molecule has 1 rings (SSSR count). The summed E-state index contributed by atoms with van der Waals surface area (Å²) in [4.78, 5) is 4.47. The van der Waals surface area contributed by atoms with Gasteiger partial charge in [-0.25, -0.2) is 0 Å². The molecule has 1 heterocycles. The van der Waals surface area contributed by atoms with Gasteiger partial charge in [0.25, 0.3) is 0 Å². The quantitative estimate of drug-likeness (QED) is 0.625. The average molecular weight is 256 g/mol. The molecule has 0 radical (unpaired) electrons. The number of aliphatic imine (C=N–C) groups is 1. The molecule has 1 aliphatic rings. The molecule has 3 heteroatoms. The monoisotopic (exact) mass is 256 g/mol. The SMILES string of the molecule is CCCCCCCCCCSC1=NCCCN1. The normalized spacial score (nSPS) is 15.5. The van der Waals surface area contributed by atoms with Crippen LogP contribution in [0.15, 0.2) is 4.99 Å². The van der Waals surface area contributed by atoms with Gasteiger partial charge in [-0.2, -0.15) is 0 Å². The van der Waals surface area contributed by atoms with Crippen molar-refractivity contribution in [3.63, 3.8) is 0 Å². The molecule has 0 amide bonds. The highest BCUT2D eigenvalue weighted by atomic mass is 32.2. The fourth-order valence-corrected chi connectivity index (χ4v) is 2.94. The predicted molar refractivity (Wildman–Crippen MR) is 80.0 cm³/mol. The first-order valence-corrected chi connectivity index (χ1v) is 8.33. The summed E-state index contributed by atoms with van der Waals surface area (Å²) in [5, 5.41) is 4.54. The third-order valence-corrected chi connectivity index (χ3v) is 4.14. The Labute approximate surface area is 111 Å². The minimum absolute atomic E-state index is 1.02. The molecule has 0 saturated carbocycles. The molecule has 0 saturated heterocycles. The van der Waals surface area contributed by atoms with Gasteiger partial charge >= 0.3 is 0 Å². The van der Waals surface area contributed by atoms with Crippen molar-refractivity contribution in [2.24, 2.45) is 4.99 Å². The highest BCUT2D eigenvalue weighted by Gasteiger charge is 2.03. The predicted octanol–water partition coefficient (Wildman–Crippen LogP) is 4.21. The molecule has 0 bridgehead atoms. The van der Waals surface area contributed by atoms with Crippen molar-refractivity contribution in [1.82, 2.24) is 5.32 Å². The smallest absolute Gasteiger partial charge is 0.156 e. The largest absolute Gasteiger partial charge is 0.365 e. The Morgan fingerprint density at radius 1 is 1.06 bits per heavy atom. The van der Waals surface area contributed by atoms with E-state index in [0.717, 1.165) is 13.1 Å². The zero-order valence-electron chi connectivity index (χ0n) is 11.3. The van der Waals surface area contributed by atoms with Crippen LogP contribution in [-0.2, 0) is 0 Å². The Balaban J connectivity index is 1.79. The number of unbranched alkanes of at least 4 members (excludes halogenated alkanes) is 7. The second-order valence-corrected chi connectivity index (χ2v) is 5.87. The van der Waals surface area contributed by atoms with Gasteiger partial charge in [-0.15, -0.1) is 0 Å². The fraction of sp³-hybridized carbons (Fsp3) is 0.929. The van der Waals surface area contributed by atoms with Gasteiger partial charge in [0.2, 0.25) is 0 Å². The summed E-state index contributed by atoms with van der Waals surface area (Å²) in [5.41, 5.74) is 0. The molecule has 1 aliphatic heterocycles. The summed E-state index contributed by atoms with van der Waals surface area (Å²) in [5.74, 6) is 1.24. The molecule has 17 heavy (non-hydrogen) atoms. The molecule has 0 spiro atoms. The summed E-state index contributed by atoms with van der Waals surface area (Å²) in [6, 6.07) is 0. The minimum Gasteiger partial charge on any atom is -0.365 e. The Morgan fingerprint density at radius 3 is 2.41 bits per heavy atom. The van der Waals surface area contributed by atoms with Crippen LogP contribution in [0, 0.1) is 0 Å². The molecular formula is C14H28N2S. The van der Waals surface area contributed by atoms with E-state index < -0.39 is 0 Å². The number of hydrogen-bond acceptors (Lipinski definition) is 3. The second kappa shape index (κ2) is 10.9. The van der Waals surface area contributed by atoms with Crippen LogP contribution in [0.25, 0.3) is 0 Å². The van der Waals surface area contributed by atoms with E-state index in [4.69, 9.17) is 0 Å². The zero-order valence-corrected chi connectivity index (χ0v) is 12.2. The maximum absolute atomic E-state index is 4.47. The van der Waals surface area contributed by atoms with E-state index in [1.54, 1.807) is 0 Å². The lowest BCUT2D eigenvalue weighted by Crippen LogP contribution is -2.26. The van der Waals surface area contributed by atoms with E-state index in [1.165, 1.54) is 68.7 Å². The van der Waals surface area contributed by atoms with E-state index in [0.29, 0.717) is 0 Å². The van der Waals surface area contributed by atoms with Crippen molar-refractivity contribution < 1.29 is 0 Å². The van der Waals surface area contributed by atoms with Crippen LogP contribution >= 0.6 is 11.8 Å². The van der Waals surface area contributed by atoms with Gasteiger partial charge in [0.1, 0.15) is 0 Å². The lowest BCUT2D eigenvalue weighted by atomic mass is 10.1. The molecule has 0 aromatic rings. The summed E-state index contributed by atoms with van der Waals surface area (Å²) in [7, 11) is 0. The summed E-state index contributed by atoms with van der Waals surface area (Å²) < 4.78 is 0. The molecule has 100 valence electrons. The van der Waals surface area contributed by atoms with Gasteiger partial charge in [-0.05, 0) is 12.8 Å². The molecule has 2 nitrogen and oxygen atoms in total. The van der Waals surface area contributed by atoms with E-state index in [1.807, 2.05) is 11.8 Å². The summed E-state index contributed by atoms with van der Waals surface area (Å²) >= 11 is 1.91. The van der Waals surface area contributed by atoms with Gasteiger partial charge in [0, 0.05) is 18.8 Å². The number of nitrogens with zero attached hydrogens (tertiary/aromatic N) is 1. The number of hydrogen-bond donors (Lipinski definition) is 1. The van der Waals surface area contributed by atoms with Crippen molar-refractivity contribution in [3.05, 3.63) is 0 Å². The Morgan fingerprint density at radius 2 is 1.76 bits per heavy atom. The third-order valence-electron chi connectivity index (χ3n) is 3.10. The molecule has 0 fully saturated rings. The van der Waals surface area contributed by atoms with E-state index in [2.05, 4.69) is 17.2 Å². The number of nitrogens with one attached hydrogen (secondary N) is 1. The maximum atomic E-state index is 4.47. The Kier molecular flexibility index (Phi) is 9.58. The van der Waals surface area contributed by atoms with Gasteiger partial charge in [-0.1, -0.05) is 63.6 Å². The van der Waals surface area contributed by atoms with Crippen LogP contribution < -0.4 is 5.32 Å². The van der Waals surface area contributed by atoms with Gasteiger partial charge in [0.15, 0.2) is 5.17 Å². The maximum Gasteiger partial charge on any atom is 0.156 e. The van der Waals surface area contributed by atoms with Crippen LogP contribution in [0.2, 0.25) is 0 Å². The first-order chi connectivity index (χ1) is 8.43. The first kappa shape index (κ1) is 14.9. The molecule has 1 N–H and O–H groups in total. The molecule has 0 aromatic heterocycles. The van der Waals surface area contributed by atoms with Crippen molar-refractivity contribution in [2.75, 3.05) is 18.8 Å². The van der Waals surface area contributed by atoms with E-state index >= 15 is 0 Å². The summed E-state index contributed by atoms with van der Waals surface area (Å²) in [6.45, 7) is 4.41. The topological polar surface area (TPSA) is 24.4 Å². The van der Waals surface area contributed by atoms with Crippen molar-refractivity contribution in [2.45, 2.75) is 64.7 Å². The minimum atomic E-state index is 1.02. The fourth-order valence-electron chi connectivity index (χ4n) is 2.01. The lowest BCUT2D eigenvalue weighted by molar-refractivity contribution is 0.586. The van der Waals surface area contributed by atoms with Gasteiger partial charge < -0.3 is 5.32 Å². The second-order valence-electron chi connectivity index (χ2n) is 4.79. The van der Waals surface area contributed by atoms with E-state index in [-0.39, 0.29) is 0 Å². The highest BCUT2D eigenvalue weighted by molar-refractivity contribution is 8.13. The van der Waals surface area contributed by atoms with Crippen LogP contribution in [0.4, 0.5) is 0 Å². The first-order valence-electron chi connectivity index (χ1n) is 7.34.